The molecule has 2 atom stereocenters. The molecule has 0 aliphatic carbocycles. The minimum atomic E-state index is -4.39. The van der Waals surface area contributed by atoms with Gasteiger partial charge in [0.15, 0.2) is 6.61 Å². The Hall–Kier alpha value is -5.82. The van der Waals surface area contributed by atoms with Crippen LogP contribution in [0.15, 0.2) is 125 Å². The van der Waals surface area contributed by atoms with Crippen molar-refractivity contribution in [2.75, 3.05) is 6.61 Å². The molecule has 2 aromatic heterocycles. The molecular weight excluding hydrogens is 979 g/mol. The van der Waals surface area contributed by atoms with Crippen molar-refractivity contribution >= 4 is 58.1 Å². The van der Waals surface area contributed by atoms with Gasteiger partial charge in [-0.15, -0.1) is 46.2 Å². The molecule has 2 N–H and O–H groups in total. The summed E-state index contributed by atoms with van der Waals surface area (Å²) >= 11 is 6.17. The molecule has 7 rings (SSSR count). The Bertz CT molecular complexity index is 2850. The molecule has 0 aliphatic rings. The van der Waals surface area contributed by atoms with Crippen LogP contribution in [0.25, 0.3) is 21.1 Å². The molecular formula is C51H46F6N2O6S4. The van der Waals surface area contributed by atoms with Crippen molar-refractivity contribution in [3.63, 3.8) is 0 Å². The van der Waals surface area contributed by atoms with Gasteiger partial charge in [0, 0.05) is 43.2 Å². The maximum absolute atomic E-state index is 13.0. The van der Waals surface area contributed by atoms with E-state index in [9.17, 15) is 35.9 Å². The Labute approximate surface area is 411 Å². The Morgan fingerprint density at radius 3 is 1.83 bits per heavy atom. The minimum Gasteiger partial charge on any atom is -0.485 e. The molecule has 8 nitrogen and oxygen atoms in total. The number of carboxylic acid groups (broad SMARTS) is 2. The number of rotatable bonds is 17. The van der Waals surface area contributed by atoms with Crippen molar-refractivity contribution in [2.45, 2.75) is 86.7 Å². The van der Waals surface area contributed by atoms with Crippen molar-refractivity contribution in [1.82, 2.24) is 9.97 Å². The van der Waals surface area contributed by atoms with Crippen LogP contribution in [0.1, 0.15) is 80.6 Å². The van der Waals surface area contributed by atoms with Crippen LogP contribution in [-0.2, 0) is 34.1 Å². The first-order valence-corrected chi connectivity index (χ1v) is 24.7. The van der Waals surface area contributed by atoms with Gasteiger partial charge in [-0.2, -0.15) is 26.3 Å². The smallest absolute Gasteiger partial charge is 0.416 e. The maximum atomic E-state index is 13.0. The molecule has 69 heavy (non-hydrogen) atoms. The van der Waals surface area contributed by atoms with Crippen molar-refractivity contribution in [3.8, 4) is 32.6 Å². The fraction of sp³-hybridized carbons (Fsp3) is 0.255. The maximum Gasteiger partial charge on any atom is 0.416 e. The van der Waals surface area contributed by atoms with Crippen LogP contribution in [0.3, 0.4) is 0 Å². The zero-order chi connectivity index (χ0) is 50.0. The molecule has 7 aromatic rings. The van der Waals surface area contributed by atoms with E-state index < -0.39 is 42.0 Å². The summed E-state index contributed by atoms with van der Waals surface area (Å²) in [6.45, 7) is 9.19. The van der Waals surface area contributed by atoms with E-state index in [4.69, 9.17) is 24.7 Å². The van der Waals surface area contributed by atoms with E-state index in [1.165, 1.54) is 46.9 Å². The van der Waals surface area contributed by atoms with Gasteiger partial charge in [-0.1, -0.05) is 48.5 Å². The van der Waals surface area contributed by atoms with E-state index in [1.807, 2.05) is 88.4 Å². The molecule has 2 heterocycles. The van der Waals surface area contributed by atoms with Gasteiger partial charge >= 0.3 is 24.3 Å². The lowest BCUT2D eigenvalue weighted by molar-refractivity contribution is -0.139. The summed E-state index contributed by atoms with van der Waals surface area (Å²) in [5.74, 6) is -0.0634. The minimum absolute atomic E-state index is 0.0206. The highest BCUT2D eigenvalue weighted by atomic mass is 32.2. The van der Waals surface area contributed by atoms with Crippen LogP contribution in [0.2, 0.25) is 0 Å². The van der Waals surface area contributed by atoms with Crippen molar-refractivity contribution in [1.29, 1.82) is 0 Å². The first-order chi connectivity index (χ1) is 32.6. The van der Waals surface area contributed by atoms with E-state index in [0.29, 0.717) is 44.8 Å². The number of nitrogens with zero attached hydrogens (tertiary/aromatic N) is 2. The lowest BCUT2D eigenvalue weighted by atomic mass is 10.0. The van der Waals surface area contributed by atoms with E-state index in [0.717, 1.165) is 71.9 Å². The molecule has 0 amide bonds. The molecule has 0 radical (unpaired) electrons. The molecule has 0 bridgehead atoms. The molecule has 362 valence electrons. The van der Waals surface area contributed by atoms with Crippen molar-refractivity contribution in [2.24, 2.45) is 0 Å². The number of carbonyl (C=O) groups is 2. The number of ether oxygens (including phenoxy) is 2. The SMILES string of the molecule is Cc1cc(O[C@H](C)c2sc(-c3ccc(C(F)(F)F)cc3)nc2C)ccc1CCC(=O)O.Cc1cc(S[C@H](C)c2sc(-c3ccc(C(F)(F)F)cc3)nc2CSc2ccccc2)ccc1OCC(=O)O. The van der Waals surface area contributed by atoms with Gasteiger partial charge in [0.05, 0.1) is 27.4 Å². The standard InChI is InChI=1S/C28H24F3NO3S3.C23H22F3NO3S/c1-17-14-22(12-13-24(17)35-15-25(33)34)37-18(2)26-23(16-36-21-6-4-3-5-7-21)32-27(38-26)19-8-10-20(11-9-19)28(29,30)31;1-13-12-19(10-6-16(13)7-11-20(28)29)30-15(3)21-14(2)27-22(31-21)17-4-8-18(9-5-17)23(24,25)26/h3-14,18H,15-16H2,1-2H3,(H,33,34);4-6,8-10,12,15H,7,11H2,1-3H3,(H,28,29)/t18-;15-/m11/s1. The molecule has 18 heteroatoms. The summed E-state index contributed by atoms with van der Waals surface area (Å²) in [6.07, 6.45) is -8.52. The summed E-state index contributed by atoms with van der Waals surface area (Å²) < 4.78 is 88.9. The fourth-order valence-corrected chi connectivity index (χ4v) is 11.2. The number of alkyl halides is 6. The number of aromatic nitrogens is 2. The van der Waals surface area contributed by atoms with E-state index in [-0.39, 0.29) is 17.8 Å². The van der Waals surface area contributed by atoms with Crippen LogP contribution >= 0.6 is 46.2 Å². The number of carboxylic acids is 2. The van der Waals surface area contributed by atoms with Crippen LogP contribution in [0, 0.1) is 20.8 Å². The second-order valence-corrected chi connectivity index (χ2v) is 20.2. The second-order valence-electron chi connectivity index (χ2n) is 15.7. The summed E-state index contributed by atoms with van der Waals surface area (Å²) in [5, 5.41) is 19.0. The first kappa shape index (κ1) is 52.5. The van der Waals surface area contributed by atoms with Gasteiger partial charge in [-0.25, -0.2) is 14.8 Å². The topological polar surface area (TPSA) is 119 Å². The van der Waals surface area contributed by atoms with Gasteiger partial charge in [0.2, 0.25) is 0 Å². The van der Waals surface area contributed by atoms with E-state index >= 15 is 0 Å². The zero-order valence-electron chi connectivity index (χ0n) is 37.8. The molecule has 0 spiro atoms. The quantitative estimate of drug-likeness (QED) is 0.0674. The molecule has 0 saturated carbocycles. The molecule has 0 fully saturated rings. The molecule has 0 aliphatic heterocycles. The van der Waals surface area contributed by atoms with Crippen LogP contribution in [0.5, 0.6) is 11.5 Å². The number of hydrogen-bond donors (Lipinski definition) is 2. The van der Waals surface area contributed by atoms with Gasteiger partial charge in [0.1, 0.15) is 27.6 Å². The highest BCUT2D eigenvalue weighted by Gasteiger charge is 2.31. The Morgan fingerprint density at radius 2 is 1.28 bits per heavy atom. The second kappa shape index (κ2) is 23.2. The number of aliphatic carboxylic acids is 2. The largest absolute Gasteiger partial charge is 0.485 e. The lowest BCUT2D eigenvalue weighted by Crippen LogP contribution is -2.10. The van der Waals surface area contributed by atoms with E-state index in [1.54, 1.807) is 29.6 Å². The Kier molecular flexibility index (Phi) is 17.7. The third-order valence-corrected chi connectivity index (χ3v) is 15.4. The number of halogens is 6. The highest BCUT2D eigenvalue weighted by Crippen LogP contribution is 2.44. The molecule has 5 aromatic carbocycles. The summed E-state index contributed by atoms with van der Waals surface area (Å²) in [7, 11) is 0. The highest BCUT2D eigenvalue weighted by molar-refractivity contribution is 7.99. The van der Waals surface area contributed by atoms with Crippen LogP contribution in [0.4, 0.5) is 26.3 Å². The number of thiazole rings is 2. The van der Waals surface area contributed by atoms with Crippen molar-refractivity contribution < 1.29 is 55.6 Å². The van der Waals surface area contributed by atoms with Gasteiger partial charge < -0.3 is 19.7 Å². The first-order valence-electron chi connectivity index (χ1n) is 21.2. The zero-order valence-corrected chi connectivity index (χ0v) is 41.0. The van der Waals surface area contributed by atoms with E-state index in [2.05, 4.69) is 11.9 Å². The predicted molar refractivity (Wildman–Crippen MR) is 261 cm³/mol. The van der Waals surface area contributed by atoms with Gasteiger partial charge in [-0.3, -0.25) is 4.79 Å². The fourth-order valence-electron chi connectivity index (χ4n) is 6.86. The summed E-state index contributed by atoms with van der Waals surface area (Å²) in [5.41, 5.74) is 4.30. The predicted octanol–water partition coefficient (Wildman–Crippen LogP) is 15.3. The number of benzene rings is 5. The monoisotopic (exact) mass is 1020 g/mol. The third kappa shape index (κ3) is 14.8. The number of thioether (sulfide) groups is 2. The average Bonchev–Trinajstić information content (AvgIpc) is 3.92. The summed E-state index contributed by atoms with van der Waals surface area (Å²) in [4.78, 5) is 35.0. The van der Waals surface area contributed by atoms with Crippen LogP contribution in [-0.4, -0.2) is 38.7 Å². The average molecular weight is 1030 g/mol. The lowest BCUT2D eigenvalue weighted by Gasteiger charge is -2.15. The van der Waals surface area contributed by atoms with Gasteiger partial charge in [-0.05, 0) is 124 Å². The Morgan fingerprint density at radius 1 is 0.681 bits per heavy atom. The molecule has 0 saturated heterocycles. The summed E-state index contributed by atoms with van der Waals surface area (Å²) in [6, 6.07) is 31.2. The van der Waals surface area contributed by atoms with Gasteiger partial charge in [0.25, 0.3) is 0 Å². The normalized spacial score (nSPS) is 12.4. The number of aryl methyl sites for hydroxylation is 4. The molecule has 0 unspecified atom stereocenters. The number of hydrogen-bond acceptors (Lipinski definition) is 10. The Balaban J connectivity index is 0.000000232. The van der Waals surface area contributed by atoms with Crippen LogP contribution < -0.4 is 9.47 Å². The third-order valence-electron chi connectivity index (χ3n) is 10.4. The van der Waals surface area contributed by atoms with Crippen molar-refractivity contribution in [3.05, 3.63) is 164 Å².